The minimum atomic E-state index is 0.181. The van der Waals surface area contributed by atoms with Gasteiger partial charge in [0, 0.05) is 24.6 Å². The standard InChI is InChI=1S/C21H25ClN2O2/c1-15-13-19-20(14-16(15)2)24(21(23-19)5-3-11-25)10-4-12-26-18-8-6-17(22)7-9-18/h6-9,13-14,25H,3-5,10-12H2,1-2H3. The van der Waals surface area contributed by atoms with E-state index in [9.17, 15) is 5.11 Å². The summed E-state index contributed by atoms with van der Waals surface area (Å²) in [6.45, 7) is 5.89. The van der Waals surface area contributed by atoms with Crippen molar-refractivity contribution in [2.24, 2.45) is 0 Å². The lowest BCUT2D eigenvalue weighted by Crippen LogP contribution is -2.08. The van der Waals surface area contributed by atoms with Gasteiger partial charge in [0.2, 0.25) is 0 Å². The van der Waals surface area contributed by atoms with Crippen molar-refractivity contribution in [2.75, 3.05) is 13.2 Å². The molecule has 4 nitrogen and oxygen atoms in total. The molecule has 0 fully saturated rings. The highest BCUT2D eigenvalue weighted by molar-refractivity contribution is 6.30. The Hall–Kier alpha value is -2.04. The van der Waals surface area contributed by atoms with Crippen LogP contribution in [0.2, 0.25) is 5.02 Å². The third-order valence-electron chi connectivity index (χ3n) is 4.61. The monoisotopic (exact) mass is 372 g/mol. The van der Waals surface area contributed by atoms with Crippen LogP contribution in [-0.2, 0) is 13.0 Å². The minimum absolute atomic E-state index is 0.181. The van der Waals surface area contributed by atoms with E-state index < -0.39 is 0 Å². The first-order valence-corrected chi connectivity index (χ1v) is 9.42. The number of aliphatic hydroxyl groups excluding tert-OH is 1. The van der Waals surface area contributed by atoms with Gasteiger partial charge in [0.1, 0.15) is 11.6 Å². The number of fused-ring (bicyclic) bond motifs is 1. The van der Waals surface area contributed by atoms with E-state index in [0.29, 0.717) is 11.6 Å². The van der Waals surface area contributed by atoms with Gasteiger partial charge in [-0.2, -0.15) is 0 Å². The highest BCUT2D eigenvalue weighted by Crippen LogP contribution is 2.22. The van der Waals surface area contributed by atoms with Crippen molar-refractivity contribution < 1.29 is 9.84 Å². The van der Waals surface area contributed by atoms with Gasteiger partial charge in [-0.05, 0) is 74.2 Å². The highest BCUT2D eigenvalue weighted by Gasteiger charge is 2.12. The molecular weight excluding hydrogens is 348 g/mol. The van der Waals surface area contributed by atoms with Crippen molar-refractivity contribution in [1.29, 1.82) is 0 Å². The summed E-state index contributed by atoms with van der Waals surface area (Å²) < 4.78 is 8.07. The van der Waals surface area contributed by atoms with Crippen LogP contribution in [-0.4, -0.2) is 27.9 Å². The molecule has 3 rings (SSSR count). The molecule has 0 saturated carbocycles. The first kappa shape index (κ1) is 18.7. The van der Waals surface area contributed by atoms with Gasteiger partial charge in [-0.1, -0.05) is 11.6 Å². The van der Waals surface area contributed by atoms with E-state index in [1.54, 1.807) is 0 Å². The van der Waals surface area contributed by atoms with Crippen LogP contribution in [0.3, 0.4) is 0 Å². The molecule has 0 bridgehead atoms. The SMILES string of the molecule is Cc1cc2nc(CCCO)n(CCCOc3ccc(Cl)cc3)c2cc1C. The van der Waals surface area contributed by atoms with E-state index in [-0.39, 0.29) is 6.61 Å². The molecule has 0 aliphatic carbocycles. The van der Waals surface area contributed by atoms with Crippen LogP contribution >= 0.6 is 11.6 Å². The molecule has 0 saturated heterocycles. The number of hydrogen-bond donors (Lipinski definition) is 1. The molecule has 0 atom stereocenters. The summed E-state index contributed by atoms with van der Waals surface area (Å²) in [5, 5.41) is 9.88. The van der Waals surface area contributed by atoms with Crippen molar-refractivity contribution in [1.82, 2.24) is 9.55 Å². The first-order valence-electron chi connectivity index (χ1n) is 9.04. The van der Waals surface area contributed by atoms with Crippen molar-refractivity contribution in [3.8, 4) is 5.75 Å². The third kappa shape index (κ3) is 4.37. The van der Waals surface area contributed by atoms with Gasteiger partial charge in [0.25, 0.3) is 0 Å². The Bertz CT molecular complexity index is 872. The maximum atomic E-state index is 9.17. The summed E-state index contributed by atoms with van der Waals surface area (Å²) in [5.74, 6) is 1.86. The number of imidazole rings is 1. The van der Waals surface area contributed by atoms with Crippen molar-refractivity contribution in [3.63, 3.8) is 0 Å². The van der Waals surface area contributed by atoms with E-state index in [0.717, 1.165) is 48.4 Å². The zero-order valence-corrected chi connectivity index (χ0v) is 16.1. The summed E-state index contributed by atoms with van der Waals surface area (Å²) >= 11 is 5.90. The number of aromatic nitrogens is 2. The van der Waals surface area contributed by atoms with E-state index in [2.05, 4.69) is 30.5 Å². The van der Waals surface area contributed by atoms with Gasteiger partial charge >= 0.3 is 0 Å². The van der Waals surface area contributed by atoms with Crippen LogP contribution < -0.4 is 4.74 Å². The summed E-state index contributed by atoms with van der Waals surface area (Å²) in [5.41, 5.74) is 4.71. The maximum absolute atomic E-state index is 9.17. The van der Waals surface area contributed by atoms with Crippen molar-refractivity contribution in [3.05, 3.63) is 58.4 Å². The van der Waals surface area contributed by atoms with Crippen LogP contribution in [0.15, 0.2) is 36.4 Å². The molecule has 2 aromatic carbocycles. The van der Waals surface area contributed by atoms with Crippen LogP contribution in [0.4, 0.5) is 0 Å². The van der Waals surface area contributed by atoms with Crippen LogP contribution in [0.1, 0.15) is 29.8 Å². The Balaban J connectivity index is 1.72. The second kappa shape index (κ2) is 8.56. The summed E-state index contributed by atoms with van der Waals surface area (Å²) in [6, 6.07) is 11.8. The molecule has 0 radical (unpaired) electrons. The van der Waals surface area contributed by atoms with Gasteiger partial charge in [-0.25, -0.2) is 4.98 Å². The molecule has 138 valence electrons. The lowest BCUT2D eigenvalue weighted by Gasteiger charge is -2.11. The molecule has 1 N–H and O–H groups in total. The van der Waals surface area contributed by atoms with Gasteiger partial charge in [-0.15, -0.1) is 0 Å². The quantitative estimate of drug-likeness (QED) is 0.583. The predicted molar refractivity (Wildman–Crippen MR) is 106 cm³/mol. The molecule has 1 heterocycles. The predicted octanol–water partition coefficient (Wildman–Crippen LogP) is 4.70. The number of aryl methyl sites for hydroxylation is 4. The molecule has 0 aliphatic heterocycles. The number of halogens is 1. The Labute approximate surface area is 159 Å². The number of rotatable bonds is 8. The van der Waals surface area contributed by atoms with E-state index in [4.69, 9.17) is 21.3 Å². The van der Waals surface area contributed by atoms with Crippen LogP contribution in [0.5, 0.6) is 5.75 Å². The van der Waals surface area contributed by atoms with Gasteiger partial charge in [0.15, 0.2) is 0 Å². The molecule has 0 aliphatic rings. The largest absolute Gasteiger partial charge is 0.494 e. The number of aliphatic hydroxyl groups is 1. The molecule has 0 spiro atoms. The Morgan fingerprint density at radius 2 is 1.81 bits per heavy atom. The number of ether oxygens (including phenoxy) is 1. The summed E-state index contributed by atoms with van der Waals surface area (Å²) in [4.78, 5) is 4.80. The minimum Gasteiger partial charge on any atom is -0.494 e. The van der Waals surface area contributed by atoms with E-state index >= 15 is 0 Å². The average molecular weight is 373 g/mol. The molecular formula is C21H25ClN2O2. The molecule has 3 aromatic rings. The third-order valence-corrected chi connectivity index (χ3v) is 4.86. The zero-order chi connectivity index (χ0) is 18.5. The van der Waals surface area contributed by atoms with Crippen LogP contribution in [0, 0.1) is 13.8 Å². The zero-order valence-electron chi connectivity index (χ0n) is 15.3. The van der Waals surface area contributed by atoms with Crippen molar-refractivity contribution >= 4 is 22.6 Å². The normalized spacial score (nSPS) is 11.2. The fourth-order valence-corrected chi connectivity index (χ4v) is 3.18. The molecule has 26 heavy (non-hydrogen) atoms. The molecule has 5 heteroatoms. The fraction of sp³-hybridized carbons (Fsp3) is 0.381. The molecule has 0 amide bonds. The lowest BCUT2D eigenvalue weighted by atomic mass is 10.1. The Kier molecular flexibility index (Phi) is 6.17. The lowest BCUT2D eigenvalue weighted by molar-refractivity contribution is 0.285. The maximum Gasteiger partial charge on any atom is 0.119 e. The van der Waals surface area contributed by atoms with Crippen LogP contribution in [0.25, 0.3) is 11.0 Å². The average Bonchev–Trinajstić information content (AvgIpc) is 2.95. The smallest absolute Gasteiger partial charge is 0.119 e. The van der Waals surface area contributed by atoms with Gasteiger partial charge in [0.05, 0.1) is 17.6 Å². The van der Waals surface area contributed by atoms with E-state index in [1.165, 1.54) is 11.1 Å². The molecule has 1 aromatic heterocycles. The van der Waals surface area contributed by atoms with Gasteiger partial charge in [-0.3, -0.25) is 0 Å². The topological polar surface area (TPSA) is 47.3 Å². The highest BCUT2D eigenvalue weighted by atomic mass is 35.5. The van der Waals surface area contributed by atoms with Gasteiger partial charge < -0.3 is 14.4 Å². The van der Waals surface area contributed by atoms with Crippen molar-refractivity contribution in [2.45, 2.75) is 39.7 Å². The number of nitrogens with zero attached hydrogens (tertiary/aromatic N) is 2. The second-order valence-corrected chi connectivity index (χ2v) is 7.02. The van der Waals surface area contributed by atoms with E-state index in [1.807, 2.05) is 24.3 Å². The number of benzene rings is 2. The number of hydrogen-bond acceptors (Lipinski definition) is 3. The Morgan fingerprint density at radius 1 is 1.08 bits per heavy atom. The fourth-order valence-electron chi connectivity index (χ4n) is 3.05. The summed E-state index contributed by atoms with van der Waals surface area (Å²) in [6.07, 6.45) is 2.39. The second-order valence-electron chi connectivity index (χ2n) is 6.59. The summed E-state index contributed by atoms with van der Waals surface area (Å²) in [7, 11) is 0. The first-order chi connectivity index (χ1) is 12.6. The molecule has 0 unspecified atom stereocenters. The Morgan fingerprint density at radius 3 is 2.54 bits per heavy atom.